The number of carbonyl (C=O) groups is 2. The third kappa shape index (κ3) is 5.68. The number of nitrogens with zero attached hydrogens (tertiary/aromatic N) is 3. The Balaban J connectivity index is 1.44. The third-order valence-corrected chi connectivity index (χ3v) is 6.54. The zero-order chi connectivity index (χ0) is 24.5. The van der Waals surface area contributed by atoms with Gasteiger partial charge in [-0.05, 0) is 45.9 Å². The highest BCUT2D eigenvalue weighted by atomic mass is 32.1. The fraction of sp³-hybridized carbons (Fsp3) is 0.458. The predicted molar refractivity (Wildman–Crippen MR) is 134 cm³/mol. The summed E-state index contributed by atoms with van der Waals surface area (Å²) >= 11 is 1.71. The van der Waals surface area contributed by atoms with Crippen molar-refractivity contribution in [1.29, 1.82) is 0 Å². The number of hydrogen-bond acceptors (Lipinski definition) is 8. The highest BCUT2D eigenvalue weighted by Crippen LogP contribution is 2.39. The van der Waals surface area contributed by atoms with Gasteiger partial charge in [-0.15, -0.1) is 11.3 Å². The number of rotatable bonds is 4. The molecular weight excluding hydrogens is 454 g/mol. The molecule has 1 saturated heterocycles. The van der Waals surface area contributed by atoms with Crippen molar-refractivity contribution < 1.29 is 19.4 Å². The maximum absolute atomic E-state index is 12.1. The number of amides is 1. The number of carbonyl (C=O) groups excluding carboxylic acids is 1. The van der Waals surface area contributed by atoms with Crippen LogP contribution in [0.1, 0.15) is 31.2 Å². The van der Waals surface area contributed by atoms with E-state index in [-0.39, 0.29) is 6.54 Å². The van der Waals surface area contributed by atoms with Gasteiger partial charge < -0.3 is 25.4 Å². The Kier molecular flexibility index (Phi) is 6.81. The summed E-state index contributed by atoms with van der Waals surface area (Å²) in [6.45, 7) is 10.2. The quantitative estimate of drug-likeness (QED) is 0.605. The highest BCUT2D eigenvalue weighted by Gasteiger charge is 2.30. The lowest BCUT2D eigenvalue weighted by atomic mass is 10.2. The van der Waals surface area contributed by atoms with Gasteiger partial charge in [0, 0.05) is 37.6 Å². The summed E-state index contributed by atoms with van der Waals surface area (Å²) in [7, 11) is 0. The summed E-state index contributed by atoms with van der Waals surface area (Å²) in [4.78, 5) is 34.3. The highest BCUT2D eigenvalue weighted by molar-refractivity contribution is 7.16. The molecule has 0 aliphatic carbocycles. The van der Waals surface area contributed by atoms with Crippen LogP contribution in [0.2, 0.25) is 0 Å². The zero-order valence-electron chi connectivity index (χ0n) is 19.9. The van der Waals surface area contributed by atoms with E-state index < -0.39 is 23.7 Å². The van der Waals surface area contributed by atoms with E-state index >= 15 is 0 Å². The number of aliphatic imine (C=N–C) groups is 1. The first-order chi connectivity index (χ1) is 16.1. The minimum Gasteiger partial charge on any atom is -0.480 e. The first-order valence-corrected chi connectivity index (χ1v) is 12.2. The van der Waals surface area contributed by atoms with Gasteiger partial charge in [-0.1, -0.05) is 12.1 Å². The van der Waals surface area contributed by atoms with Crippen molar-refractivity contribution >= 4 is 45.6 Å². The smallest absolute Gasteiger partial charge is 0.408 e. The molecule has 3 heterocycles. The van der Waals surface area contributed by atoms with Crippen molar-refractivity contribution in [3.8, 4) is 0 Å². The van der Waals surface area contributed by atoms with E-state index in [4.69, 9.17) is 9.73 Å². The monoisotopic (exact) mass is 485 g/mol. The molecule has 2 aliphatic rings. The Bertz CT molecular complexity index is 1100. The molecule has 0 saturated carbocycles. The van der Waals surface area contributed by atoms with Crippen molar-refractivity contribution in [3.63, 3.8) is 0 Å². The van der Waals surface area contributed by atoms with Gasteiger partial charge in [0.2, 0.25) is 0 Å². The van der Waals surface area contributed by atoms with Crippen LogP contribution in [-0.2, 0) is 9.53 Å². The van der Waals surface area contributed by atoms with Gasteiger partial charge in [-0.25, -0.2) is 14.6 Å². The Morgan fingerprint density at radius 1 is 1.24 bits per heavy atom. The van der Waals surface area contributed by atoms with Crippen LogP contribution in [0, 0.1) is 6.92 Å². The first kappa shape index (κ1) is 24.0. The van der Waals surface area contributed by atoms with Gasteiger partial charge in [0.15, 0.2) is 0 Å². The van der Waals surface area contributed by atoms with Gasteiger partial charge in [0.1, 0.15) is 22.5 Å². The van der Waals surface area contributed by atoms with Gasteiger partial charge in [0.05, 0.1) is 16.9 Å². The number of para-hydroxylation sites is 2. The van der Waals surface area contributed by atoms with Gasteiger partial charge >= 0.3 is 12.1 Å². The minimum atomic E-state index is -1.08. The average molecular weight is 486 g/mol. The first-order valence-electron chi connectivity index (χ1n) is 11.3. The van der Waals surface area contributed by atoms with E-state index in [9.17, 15) is 14.7 Å². The number of aryl methyl sites for hydroxylation is 1. The summed E-state index contributed by atoms with van der Waals surface area (Å²) in [5, 5.41) is 16.7. The molecule has 1 fully saturated rings. The lowest BCUT2D eigenvalue weighted by molar-refractivity contribution is -0.140. The van der Waals surface area contributed by atoms with Gasteiger partial charge in [-0.3, -0.25) is 4.90 Å². The number of hydrogen-bond donors (Lipinski definition) is 3. The second-order valence-electron chi connectivity index (χ2n) is 9.50. The third-order valence-electron chi connectivity index (χ3n) is 5.58. The normalized spacial score (nSPS) is 16.9. The second-order valence-corrected chi connectivity index (χ2v) is 10.8. The van der Waals surface area contributed by atoms with E-state index in [1.165, 1.54) is 4.88 Å². The minimum absolute atomic E-state index is 0.210. The number of ether oxygens (including phenoxy) is 1. The number of thiophene rings is 1. The Labute approximate surface area is 203 Å². The maximum Gasteiger partial charge on any atom is 0.408 e. The summed E-state index contributed by atoms with van der Waals surface area (Å²) in [5.74, 6) is -0.152. The predicted octanol–water partition coefficient (Wildman–Crippen LogP) is 3.79. The summed E-state index contributed by atoms with van der Waals surface area (Å²) in [5.41, 5.74) is 2.28. The van der Waals surface area contributed by atoms with Crippen LogP contribution in [0.4, 0.5) is 21.2 Å². The van der Waals surface area contributed by atoms with Gasteiger partial charge in [0.25, 0.3) is 0 Å². The maximum atomic E-state index is 12.1. The lowest BCUT2D eigenvalue weighted by Gasteiger charge is -2.37. The van der Waals surface area contributed by atoms with Crippen LogP contribution in [0.5, 0.6) is 0 Å². The molecule has 1 unspecified atom stereocenters. The molecule has 1 aromatic carbocycles. The number of amidine groups is 1. The molecule has 34 heavy (non-hydrogen) atoms. The van der Waals surface area contributed by atoms with Crippen molar-refractivity contribution in [2.75, 3.05) is 38.0 Å². The molecule has 2 aromatic rings. The van der Waals surface area contributed by atoms with Crippen molar-refractivity contribution in [2.45, 2.75) is 39.3 Å². The molecular formula is C24H31N5O4S. The summed E-state index contributed by atoms with van der Waals surface area (Å²) in [6.07, 6.45) is -0.724. The summed E-state index contributed by atoms with van der Waals surface area (Å²) in [6, 6.07) is 9.13. The molecule has 182 valence electrons. The van der Waals surface area contributed by atoms with E-state index in [0.717, 1.165) is 27.8 Å². The number of benzene rings is 1. The number of fused-ring (bicyclic) bond motifs is 2. The van der Waals surface area contributed by atoms with E-state index in [1.807, 2.05) is 24.3 Å². The molecule has 2 aliphatic heterocycles. The van der Waals surface area contributed by atoms with E-state index in [1.54, 1.807) is 32.1 Å². The number of nitrogens with one attached hydrogen (secondary N) is 2. The van der Waals surface area contributed by atoms with Gasteiger partial charge in [-0.2, -0.15) is 0 Å². The zero-order valence-corrected chi connectivity index (χ0v) is 20.7. The number of carboxylic acid groups (broad SMARTS) is 1. The molecule has 10 heteroatoms. The largest absolute Gasteiger partial charge is 0.480 e. The van der Waals surface area contributed by atoms with Crippen LogP contribution in [0.25, 0.3) is 0 Å². The molecule has 9 nitrogen and oxygen atoms in total. The fourth-order valence-electron chi connectivity index (χ4n) is 4.02. The average Bonchev–Trinajstić information content (AvgIpc) is 3.04. The van der Waals surface area contributed by atoms with Crippen molar-refractivity contribution in [2.24, 2.45) is 4.99 Å². The molecule has 4 rings (SSSR count). The molecule has 0 radical (unpaired) electrons. The number of aliphatic carboxylic acids is 1. The number of carboxylic acids is 1. The topological polar surface area (TPSA) is 107 Å². The van der Waals surface area contributed by atoms with E-state index in [0.29, 0.717) is 26.2 Å². The van der Waals surface area contributed by atoms with Crippen LogP contribution >= 0.6 is 11.3 Å². The fourth-order valence-corrected chi connectivity index (χ4v) is 4.94. The molecule has 0 spiro atoms. The molecule has 1 amide bonds. The number of anilines is 2. The number of alkyl carbamates (subject to hydrolysis) is 1. The van der Waals surface area contributed by atoms with Crippen LogP contribution in [-0.4, -0.2) is 77.2 Å². The molecule has 1 aromatic heterocycles. The lowest BCUT2D eigenvalue weighted by Crippen LogP contribution is -2.55. The Morgan fingerprint density at radius 2 is 1.94 bits per heavy atom. The SMILES string of the molecule is Cc1cc2c(s1)Nc1ccccc1N=C2N1CCN(CC(NC(=O)OC(C)(C)C)C(=O)O)CC1. The summed E-state index contributed by atoms with van der Waals surface area (Å²) < 4.78 is 5.22. The van der Waals surface area contributed by atoms with Crippen LogP contribution in [0.3, 0.4) is 0 Å². The Morgan fingerprint density at radius 3 is 2.62 bits per heavy atom. The van der Waals surface area contributed by atoms with Crippen molar-refractivity contribution in [1.82, 2.24) is 15.1 Å². The molecule has 3 N–H and O–H groups in total. The number of piperazine rings is 1. The molecule has 0 bridgehead atoms. The van der Waals surface area contributed by atoms with Crippen LogP contribution < -0.4 is 10.6 Å². The Hall–Kier alpha value is -3.11. The standard InChI is InChI=1S/C24H31N5O4S/c1-15-13-16-20(25-17-7-5-6-8-18(17)26-21(16)34-15)29-11-9-28(10-12-29)14-19(22(30)31)27-23(32)33-24(2,3)4/h5-8,13,19,26H,9-12,14H2,1-4H3,(H,27,32)(H,30,31). The molecule has 1 atom stereocenters. The van der Waals surface area contributed by atoms with Crippen LogP contribution in [0.15, 0.2) is 35.3 Å². The van der Waals surface area contributed by atoms with E-state index in [2.05, 4.69) is 33.4 Å². The van der Waals surface area contributed by atoms with Crippen molar-refractivity contribution in [3.05, 3.63) is 40.8 Å². The second kappa shape index (κ2) is 9.63.